The number of hydrogen-bond acceptors (Lipinski definition) is 4. The van der Waals surface area contributed by atoms with E-state index in [2.05, 4.69) is 5.32 Å². The molecule has 5 heteroatoms. The molecule has 0 aromatic heterocycles. The summed E-state index contributed by atoms with van der Waals surface area (Å²) in [5.41, 5.74) is 0. The molecular formula is C7H16BNO3. The highest BCUT2D eigenvalue weighted by atomic mass is 16.5. The summed E-state index contributed by atoms with van der Waals surface area (Å²) in [6.07, 6.45) is -0.341. The lowest BCUT2D eigenvalue weighted by Crippen LogP contribution is -2.36. The Bertz CT molecular complexity index is 105. The summed E-state index contributed by atoms with van der Waals surface area (Å²) in [5.74, 6) is 0. The summed E-state index contributed by atoms with van der Waals surface area (Å²) < 4.78 is 5.07. The highest BCUT2D eigenvalue weighted by molar-refractivity contribution is 6.11. The maximum absolute atomic E-state index is 8.79. The van der Waals surface area contributed by atoms with Crippen LogP contribution < -0.4 is 5.32 Å². The lowest BCUT2D eigenvalue weighted by Gasteiger charge is -2.19. The minimum Gasteiger partial charge on any atom is -0.395 e. The monoisotopic (exact) mass is 173 g/mol. The Morgan fingerprint density at radius 3 is 2.50 bits per heavy atom. The number of aliphatic hydroxyl groups is 2. The van der Waals surface area contributed by atoms with Crippen molar-refractivity contribution in [2.75, 3.05) is 26.3 Å². The Kier molecular flexibility index (Phi) is 7.49. The van der Waals surface area contributed by atoms with Gasteiger partial charge in [0.1, 0.15) is 7.85 Å². The number of nitrogens with one attached hydrogen (secondary N) is 1. The van der Waals surface area contributed by atoms with E-state index in [9.17, 15) is 0 Å². The van der Waals surface area contributed by atoms with E-state index in [4.69, 9.17) is 22.8 Å². The van der Waals surface area contributed by atoms with Crippen LogP contribution in [-0.2, 0) is 4.74 Å². The lowest BCUT2D eigenvalue weighted by atomic mass is 10.0. The Hall–Kier alpha value is -0.0951. The van der Waals surface area contributed by atoms with Crippen LogP contribution >= 0.6 is 0 Å². The fraction of sp³-hybridized carbons (Fsp3) is 1.00. The van der Waals surface area contributed by atoms with E-state index in [-0.39, 0.29) is 19.3 Å². The molecule has 3 N–H and O–H groups in total. The van der Waals surface area contributed by atoms with Crippen molar-refractivity contribution in [3.63, 3.8) is 0 Å². The van der Waals surface area contributed by atoms with Crippen LogP contribution in [0.15, 0.2) is 0 Å². The fourth-order valence-electron chi connectivity index (χ4n) is 0.751. The molecule has 0 unspecified atom stereocenters. The molecule has 0 aromatic rings. The molecule has 0 saturated heterocycles. The Labute approximate surface area is 74.3 Å². The van der Waals surface area contributed by atoms with Crippen molar-refractivity contribution < 1.29 is 14.9 Å². The van der Waals surface area contributed by atoms with Gasteiger partial charge in [-0.2, -0.15) is 0 Å². The van der Waals surface area contributed by atoms with Gasteiger partial charge in [0.05, 0.1) is 19.3 Å². The van der Waals surface area contributed by atoms with Gasteiger partial charge < -0.3 is 20.3 Å². The zero-order chi connectivity index (χ0) is 9.40. The fourth-order valence-corrected chi connectivity index (χ4v) is 0.751. The molecule has 0 saturated carbocycles. The molecule has 4 nitrogen and oxygen atoms in total. The van der Waals surface area contributed by atoms with Gasteiger partial charge in [0.2, 0.25) is 0 Å². The Morgan fingerprint density at radius 2 is 2.08 bits per heavy atom. The van der Waals surface area contributed by atoms with E-state index in [0.29, 0.717) is 6.54 Å². The largest absolute Gasteiger partial charge is 0.395 e. The van der Waals surface area contributed by atoms with Crippen molar-refractivity contribution in [1.29, 1.82) is 0 Å². The van der Waals surface area contributed by atoms with Crippen molar-refractivity contribution in [3.8, 4) is 0 Å². The summed E-state index contributed by atoms with van der Waals surface area (Å²) in [4.78, 5) is 0. The highest BCUT2D eigenvalue weighted by Gasteiger charge is 2.10. The third kappa shape index (κ3) is 5.54. The van der Waals surface area contributed by atoms with Gasteiger partial charge in [-0.25, -0.2) is 0 Å². The van der Waals surface area contributed by atoms with Crippen LogP contribution in [0.1, 0.15) is 6.92 Å². The highest BCUT2D eigenvalue weighted by Crippen LogP contribution is 1.93. The summed E-state index contributed by atoms with van der Waals surface area (Å²) in [6.45, 7) is 2.98. The molecule has 2 radical (unpaired) electrons. The number of likely N-dealkylation sites (N-methyl/N-ethyl adjacent to an activating group) is 1. The van der Waals surface area contributed by atoms with E-state index in [1.165, 1.54) is 0 Å². The zero-order valence-corrected chi connectivity index (χ0v) is 7.36. The molecule has 0 rings (SSSR count). The average Bonchev–Trinajstić information content (AvgIpc) is 2.11. The quantitative estimate of drug-likeness (QED) is 0.408. The topological polar surface area (TPSA) is 61.7 Å². The predicted molar refractivity (Wildman–Crippen MR) is 47.1 cm³/mol. The van der Waals surface area contributed by atoms with E-state index in [1.54, 1.807) is 0 Å². The predicted octanol–water partition coefficient (Wildman–Crippen LogP) is -1.54. The first kappa shape index (κ1) is 11.9. The average molecular weight is 173 g/mol. The second kappa shape index (κ2) is 7.55. The van der Waals surface area contributed by atoms with Crippen LogP contribution in [0.4, 0.5) is 0 Å². The second-order valence-electron chi connectivity index (χ2n) is 2.47. The molecular weight excluding hydrogens is 157 g/mol. The number of hydrogen-bond donors (Lipinski definition) is 3. The molecule has 12 heavy (non-hydrogen) atoms. The summed E-state index contributed by atoms with van der Waals surface area (Å²) in [7, 11) is 5.31. The number of rotatable bonds is 7. The molecule has 0 heterocycles. The van der Waals surface area contributed by atoms with Crippen molar-refractivity contribution in [1.82, 2.24) is 5.32 Å². The van der Waals surface area contributed by atoms with Gasteiger partial charge in [0.15, 0.2) is 0 Å². The summed E-state index contributed by atoms with van der Waals surface area (Å²) >= 11 is 0. The second-order valence-corrected chi connectivity index (χ2v) is 2.47. The molecule has 0 aliphatic heterocycles. The van der Waals surface area contributed by atoms with E-state index in [1.807, 2.05) is 6.92 Å². The lowest BCUT2D eigenvalue weighted by molar-refractivity contribution is -0.0225. The number of aliphatic hydroxyl groups excluding tert-OH is 2. The molecule has 0 bridgehead atoms. The van der Waals surface area contributed by atoms with Crippen LogP contribution in [0.3, 0.4) is 0 Å². The zero-order valence-electron chi connectivity index (χ0n) is 7.36. The van der Waals surface area contributed by atoms with Crippen LogP contribution in [0.2, 0.25) is 0 Å². The Morgan fingerprint density at radius 1 is 1.42 bits per heavy atom. The van der Waals surface area contributed by atoms with Gasteiger partial charge in [0, 0.05) is 12.5 Å². The smallest absolute Gasteiger partial charge is 0.112 e. The first-order chi connectivity index (χ1) is 5.74. The van der Waals surface area contributed by atoms with Crippen molar-refractivity contribution >= 4 is 7.85 Å². The maximum Gasteiger partial charge on any atom is 0.112 e. The Balaban J connectivity index is 3.51. The standard InChI is InChI=1S/C7H16BNO3/c1-2-9-3-6(4-10)12-7(8)5-11/h6-7,9-11H,2-5H2,1H3/t6-,7+/m0/s1. The molecule has 0 aliphatic carbocycles. The molecule has 0 spiro atoms. The third-order valence-corrected chi connectivity index (χ3v) is 1.37. The molecule has 0 aromatic carbocycles. The minimum absolute atomic E-state index is 0.0965. The van der Waals surface area contributed by atoms with Crippen molar-refractivity contribution in [3.05, 3.63) is 0 Å². The molecule has 70 valence electrons. The van der Waals surface area contributed by atoms with Gasteiger partial charge in [0.25, 0.3) is 0 Å². The van der Waals surface area contributed by atoms with Gasteiger partial charge >= 0.3 is 0 Å². The molecule has 0 amide bonds. The SMILES string of the molecule is [B][C@@H](CO)O[C@H](CO)CNCC. The minimum atomic E-state index is -0.708. The van der Waals surface area contributed by atoms with Crippen molar-refractivity contribution in [2.45, 2.75) is 19.0 Å². The summed E-state index contributed by atoms with van der Waals surface area (Å²) in [5, 5.41) is 20.4. The van der Waals surface area contributed by atoms with E-state index in [0.717, 1.165) is 6.54 Å². The van der Waals surface area contributed by atoms with Crippen LogP contribution in [0.25, 0.3) is 0 Å². The first-order valence-corrected chi connectivity index (χ1v) is 4.08. The molecule has 0 aliphatic rings. The van der Waals surface area contributed by atoms with Crippen LogP contribution in [0, 0.1) is 0 Å². The normalized spacial score (nSPS) is 15.9. The van der Waals surface area contributed by atoms with Crippen LogP contribution in [0.5, 0.6) is 0 Å². The molecule has 0 fully saturated rings. The number of ether oxygens (including phenoxy) is 1. The first-order valence-electron chi connectivity index (χ1n) is 4.08. The van der Waals surface area contributed by atoms with E-state index >= 15 is 0 Å². The van der Waals surface area contributed by atoms with Crippen molar-refractivity contribution in [2.24, 2.45) is 0 Å². The third-order valence-electron chi connectivity index (χ3n) is 1.37. The maximum atomic E-state index is 8.79. The summed E-state index contributed by atoms with van der Waals surface area (Å²) in [6, 6.07) is -0.708. The van der Waals surface area contributed by atoms with Gasteiger partial charge in [-0.15, -0.1) is 0 Å². The van der Waals surface area contributed by atoms with Gasteiger partial charge in [-0.1, -0.05) is 6.92 Å². The van der Waals surface area contributed by atoms with Gasteiger partial charge in [-0.05, 0) is 6.54 Å². The van der Waals surface area contributed by atoms with E-state index < -0.39 is 6.00 Å². The molecule has 2 atom stereocenters. The van der Waals surface area contributed by atoms with Gasteiger partial charge in [-0.3, -0.25) is 0 Å². The van der Waals surface area contributed by atoms with Crippen LogP contribution in [-0.4, -0.2) is 56.5 Å².